The Morgan fingerprint density at radius 1 is 1.11 bits per heavy atom. The van der Waals surface area contributed by atoms with Crippen LogP contribution in [-0.2, 0) is 20.6 Å². The van der Waals surface area contributed by atoms with Crippen LogP contribution in [0.1, 0.15) is 12.0 Å². The maximum absolute atomic E-state index is 12.0. The van der Waals surface area contributed by atoms with Crippen LogP contribution in [0.25, 0.3) is 0 Å². The van der Waals surface area contributed by atoms with E-state index in [2.05, 4.69) is 16.6 Å². The van der Waals surface area contributed by atoms with E-state index in [-0.39, 0.29) is 31.2 Å². The first-order valence-corrected chi connectivity index (χ1v) is 10.7. The zero-order valence-corrected chi connectivity index (χ0v) is 17.3. The number of hydrogen-bond donors (Lipinski definition) is 2. The van der Waals surface area contributed by atoms with Crippen LogP contribution in [0.15, 0.2) is 55.1 Å². The van der Waals surface area contributed by atoms with E-state index in [9.17, 15) is 13.2 Å². The third kappa shape index (κ3) is 7.52. The highest BCUT2D eigenvalue weighted by molar-refractivity contribution is 7.88. The van der Waals surface area contributed by atoms with Gasteiger partial charge < -0.3 is 10.1 Å². The highest BCUT2D eigenvalue weighted by Gasteiger charge is 2.10. The van der Waals surface area contributed by atoms with Gasteiger partial charge in [-0.1, -0.05) is 41.4 Å². The van der Waals surface area contributed by atoms with Gasteiger partial charge in [-0.15, -0.1) is 6.58 Å². The van der Waals surface area contributed by atoms with Crippen molar-refractivity contribution in [1.82, 2.24) is 4.72 Å². The highest BCUT2D eigenvalue weighted by atomic mass is 35.5. The maximum Gasteiger partial charge on any atom is 0.227 e. The molecule has 0 heterocycles. The summed E-state index contributed by atoms with van der Waals surface area (Å²) in [5.41, 5.74) is 1.18. The molecular weight excluding hydrogens is 423 g/mol. The minimum absolute atomic E-state index is 0.141. The zero-order valence-electron chi connectivity index (χ0n) is 15.0. The Labute approximate surface area is 174 Å². The molecule has 0 spiro atoms. The first kappa shape index (κ1) is 22.2. The predicted octanol–water partition coefficient (Wildman–Crippen LogP) is 4.01. The van der Waals surface area contributed by atoms with Crippen LogP contribution >= 0.6 is 23.2 Å². The van der Waals surface area contributed by atoms with Crippen LogP contribution in [0.2, 0.25) is 10.0 Å². The van der Waals surface area contributed by atoms with Gasteiger partial charge in [0.1, 0.15) is 5.75 Å². The second-order valence-electron chi connectivity index (χ2n) is 5.82. The van der Waals surface area contributed by atoms with Crippen molar-refractivity contribution in [3.8, 4) is 5.75 Å². The van der Waals surface area contributed by atoms with Crippen LogP contribution < -0.4 is 14.8 Å². The Balaban J connectivity index is 1.80. The Morgan fingerprint density at radius 2 is 1.82 bits per heavy atom. The quantitative estimate of drug-likeness (QED) is 0.544. The van der Waals surface area contributed by atoms with Crippen molar-refractivity contribution < 1.29 is 17.9 Å². The van der Waals surface area contributed by atoms with Gasteiger partial charge in [0.15, 0.2) is 0 Å². The fraction of sp³-hybridized carbons (Fsp3) is 0.211. The lowest BCUT2D eigenvalue weighted by atomic mass is 10.2. The van der Waals surface area contributed by atoms with Crippen LogP contribution in [0, 0.1) is 0 Å². The van der Waals surface area contributed by atoms with Crippen molar-refractivity contribution in [3.63, 3.8) is 0 Å². The van der Waals surface area contributed by atoms with Gasteiger partial charge >= 0.3 is 0 Å². The third-order valence-electron chi connectivity index (χ3n) is 3.53. The Bertz CT molecular complexity index is 931. The average molecular weight is 443 g/mol. The fourth-order valence-corrected chi connectivity index (χ4v) is 3.59. The largest absolute Gasteiger partial charge is 0.493 e. The molecule has 1 amide bonds. The molecule has 2 rings (SSSR count). The summed E-state index contributed by atoms with van der Waals surface area (Å²) in [6.07, 6.45) is 1.61. The number of halogens is 2. The molecule has 2 aromatic rings. The Morgan fingerprint density at radius 3 is 2.46 bits per heavy atom. The van der Waals surface area contributed by atoms with E-state index in [4.69, 9.17) is 27.9 Å². The number of amides is 1. The number of rotatable bonds is 10. The first-order chi connectivity index (χ1) is 13.3. The SMILES string of the molecule is C=CCNS(=O)(=O)Cc1ccc(NC(=O)CCOc2ccc(Cl)c(Cl)c2)cc1. The van der Waals surface area contributed by atoms with Crippen molar-refractivity contribution >= 4 is 44.8 Å². The van der Waals surface area contributed by atoms with Crippen LogP contribution in [0.4, 0.5) is 5.69 Å². The number of sulfonamides is 1. The zero-order chi connectivity index (χ0) is 20.6. The number of nitrogens with one attached hydrogen (secondary N) is 2. The van der Waals surface area contributed by atoms with Gasteiger partial charge in [-0.05, 0) is 29.8 Å². The molecule has 150 valence electrons. The van der Waals surface area contributed by atoms with Gasteiger partial charge in [-0.3, -0.25) is 4.79 Å². The van der Waals surface area contributed by atoms with Crippen molar-refractivity contribution in [1.29, 1.82) is 0 Å². The molecule has 0 atom stereocenters. The van der Waals surface area contributed by atoms with Gasteiger partial charge in [-0.25, -0.2) is 13.1 Å². The normalized spacial score (nSPS) is 11.1. The molecule has 2 aromatic carbocycles. The molecule has 0 saturated heterocycles. The second kappa shape index (κ2) is 10.5. The number of ether oxygens (including phenoxy) is 1. The lowest BCUT2D eigenvalue weighted by Gasteiger charge is -2.09. The van der Waals surface area contributed by atoms with Gasteiger partial charge in [0.05, 0.1) is 28.8 Å². The summed E-state index contributed by atoms with van der Waals surface area (Å²) >= 11 is 11.7. The Kier molecular flexibility index (Phi) is 8.32. The Hall–Kier alpha value is -2.06. The summed E-state index contributed by atoms with van der Waals surface area (Å²) < 4.78 is 31.6. The smallest absolute Gasteiger partial charge is 0.227 e. The van der Waals surface area contributed by atoms with E-state index < -0.39 is 10.0 Å². The van der Waals surface area contributed by atoms with E-state index in [0.29, 0.717) is 27.0 Å². The van der Waals surface area contributed by atoms with Gasteiger partial charge in [-0.2, -0.15) is 0 Å². The van der Waals surface area contributed by atoms with E-state index in [1.165, 1.54) is 6.08 Å². The molecule has 0 aromatic heterocycles. The number of carbonyl (C=O) groups excluding carboxylic acids is 1. The summed E-state index contributed by atoms with van der Waals surface area (Å²) in [6, 6.07) is 11.5. The predicted molar refractivity (Wildman–Crippen MR) is 112 cm³/mol. The monoisotopic (exact) mass is 442 g/mol. The topological polar surface area (TPSA) is 84.5 Å². The average Bonchev–Trinajstić information content (AvgIpc) is 2.64. The summed E-state index contributed by atoms with van der Waals surface area (Å²) in [5, 5.41) is 3.54. The summed E-state index contributed by atoms with van der Waals surface area (Å²) in [6.45, 7) is 3.83. The maximum atomic E-state index is 12.0. The summed E-state index contributed by atoms with van der Waals surface area (Å²) in [4.78, 5) is 12.0. The summed E-state index contributed by atoms with van der Waals surface area (Å²) in [7, 11) is -3.42. The summed E-state index contributed by atoms with van der Waals surface area (Å²) in [5.74, 6) is 0.151. The number of anilines is 1. The van der Waals surface area contributed by atoms with E-state index in [1.807, 2.05) is 0 Å². The molecule has 0 aliphatic carbocycles. The lowest BCUT2D eigenvalue weighted by Crippen LogP contribution is -2.25. The van der Waals surface area contributed by atoms with Crippen LogP contribution in [0.3, 0.4) is 0 Å². The molecule has 28 heavy (non-hydrogen) atoms. The van der Waals surface area contributed by atoms with E-state index >= 15 is 0 Å². The minimum atomic E-state index is -3.42. The molecule has 0 bridgehead atoms. The number of benzene rings is 2. The fourth-order valence-electron chi connectivity index (χ4n) is 2.19. The number of carbonyl (C=O) groups is 1. The third-order valence-corrected chi connectivity index (χ3v) is 5.59. The molecule has 0 unspecified atom stereocenters. The van der Waals surface area contributed by atoms with Crippen molar-refractivity contribution in [2.45, 2.75) is 12.2 Å². The van der Waals surface area contributed by atoms with E-state index in [1.54, 1.807) is 42.5 Å². The van der Waals surface area contributed by atoms with Gasteiger partial charge in [0.25, 0.3) is 0 Å². The highest BCUT2D eigenvalue weighted by Crippen LogP contribution is 2.26. The van der Waals surface area contributed by atoms with Crippen molar-refractivity contribution in [3.05, 3.63) is 70.7 Å². The van der Waals surface area contributed by atoms with Gasteiger partial charge in [0.2, 0.25) is 15.9 Å². The van der Waals surface area contributed by atoms with Crippen LogP contribution in [0.5, 0.6) is 5.75 Å². The first-order valence-electron chi connectivity index (χ1n) is 8.34. The molecule has 0 radical (unpaired) electrons. The van der Waals surface area contributed by atoms with Crippen molar-refractivity contribution in [2.24, 2.45) is 0 Å². The van der Waals surface area contributed by atoms with E-state index in [0.717, 1.165) is 0 Å². The molecule has 0 aliphatic rings. The van der Waals surface area contributed by atoms with Crippen LogP contribution in [-0.4, -0.2) is 27.5 Å². The molecule has 6 nitrogen and oxygen atoms in total. The molecule has 0 fully saturated rings. The number of hydrogen-bond acceptors (Lipinski definition) is 4. The minimum Gasteiger partial charge on any atom is -0.493 e. The van der Waals surface area contributed by atoms with Crippen molar-refractivity contribution in [2.75, 3.05) is 18.5 Å². The second-order valence-corrected chi connectivity index (χ2v) is 8.44. The lowest BCUT2D eigenvalue weighted by molar-refractivity contribution is -0.116. The molecule has 0 saturated carbocycles. The van der Waals surface area contributed by atoms with Gasteiger partial charge in [0, 0.05) is 18.3 Å². The standard InChI is InChI=1S/C19H20Cl2N2O4S/c1-2-10-22-28(25,26)13-14-3-5-15(6-4-14)23-19(24)9-11-27-16-7-8-17(20)18(21)12-16/h2-8,12,22H,1,9-11,13H2,(H,23,24). The molecule has 9 heteroatoms. The molecular formula is C19H20Cl2N2O4S. The molecule has 0 aliphatic heterocycles. The molecule has 2 N–H and O–H groups in total.